The van der Waals surface area contributed by atoms with Crippen molar-refractivity contribution in [3.63, 3.8) is 0 Å². The molecule has 1 aliphatic rings. The summed E-state index contributed by atoms with van der Waals surface area (Å²) in [5.74, 6) is 0.111. The van der Waals surface area contributed by atoms with Crippen molar-refractivity contribution < 1.29 is 14.7 Å². The van der Waals surface area contributed by atoms with E-state index in [1.54, 1.807) is 11.8 Å². The highest BCUT2D eigenvalue weighted by atomic mass is 32.2. The third-order valence-corrected chi connectivity index (χ3v) is 4.22. The molecule has 0 radical (unpaired) electrons. The number of thioether (sulfide) groups is 1. The molecule has 0 spiro atoms. The maximum Gasteiger partial charge on any atom is 0.329 e. The third-order valence-electron chi connectivity index (χ3n) is 3.52. The molecule has 0 saturated carbocycles. The zero-order valence-corrected chi connectivity index (χ0v) is 11.9. The first-order valence-electron chi connectivity index (χ1n) is 6.36. The molecule has 2 N–H and O–H groups in total. The van der Waals surface area contributed by atoms with Gasteiger partial charge in [-0.15, -0.1) is 0 Å². The van der Waals surface area contributed by atoms with Crippen LogP contribution in [0.15, 0.2) is 0 Å². The lowest BCUT2D eigenvalue weighted by Gasteiger charge is -2.33. The fourth-order valence-electron chi connectivity index (χ4n) is 2.42. The molecule has 18 heavy (non-hydrogen) atoms. The number of aliphatic carboxylic acids is 1. The van der Waals surface area contributed by atoms with E-state index in [0.29, 0.717) is 25.9 Å². The van der Waals surface area contributed by atoms with E-state index in [1.807, 2.05) is 13.2 Å². The fourth-order valence-corrected chi connectivity index (χ4v) is 2.86. The molecular weight excluding hydrogens is 252 g/mol. The normalized spacial score (nSPS) is 23.1. The summed E-state index contributed by atoms with van der Waals surface area (Å²) < 4.78 is 0. The first-order valence-corrected chi connectivity index (χ1v) is 7.75. The van der Waals surface area contributed by atoms with Crippen molar-refractivity contribution in [2.45, 2.75) is 38.1 Å². The standard InChI is InChI=1S/C12H22N2O3S/c1-3-12(10(15)16)6-4-8-14(12)11(17)13-7-5-9-18-2/h3-9H2,1-2H3,(H,13,17)(H,15,16). The van der Waals surface area contributed by atoms with Crippen molar-refractivity contribution in [3.8, 4) is 0 Å². The Balaban J connectivity index is 2.58. The highest BCUT2D eigenvalue weighted by molar-refractivity contribution is 7.98. The molecule has 1 rings (SSSR count). The number of amides is 2. The van der Waals surface area contributed by atoms with Gasteiger partial charge in [0, 0.05) is 13.1 Å². The number of nitrogens with one attached hydrogen (secondary N) is 1. The van der Waals surface area contributed by atoms with Crippen molar-refractivity contribution in [2.24, 2.45) is 0 Å². The minimum Gasteiger partial charge on any atom is -0.479 e. The molecule has 6 heteroatoms. The van der Waals surface area contributed by atoms with Crippen LogP contribution in [0.25, 0.3) is 0 Å². The van der Waals surface area contributed by atoms with Gasteiger partial charge >= 0.3 is 12.0 Å². The van der Waals surface area contributed by atoms with E-state index in [2.05, 4.69) is 5.32 Å². The number of likely N-dealkylation sites (tertiary alicyclic amines) is 1. The fraction of sp³-hybridized carbons (Fsp3) is 0.833. The summed E-state index contributed by atoms with van der Waals surface area (Å²) in [5, 5.41) is 12.2. The Morgan fingerprint density at radius 3 is 2.78 bits per heavy atom. The number of urea groups is 1. The second-order valence-electron chi connectivity index (χ2n) is 4.52. The summed E-state index contributed by atoms with van der Waals surface area (Å²) in [7, 11) is 0. The lowest BCUT2D eigenvalue weighted by atomic mass is 9.93. The Morgan fingerprint density at radius 1 is 1.50 bits per heavy atom. The third kappa shape index (κ3) is 3.10. The predicted octanol–water partition coefficient (Wildman–Crippen LogP) is 1.78. The van der Waals surface area contributed by atoms with E-state index in [-0.39, 0.29) is 6.03 Å². The smallest absolute Gasteiger partial charge is 0.329 e. The van der Waals surface area contributed by atoms with Crippen molar-refractivity contribution in [1.82, 2.24) is 10.2 Å². The highest BCUT2D eigenvalue weighted by Gasteiger charge is 2.48. The van der Waals surface area contributed by atoms with Crippen LogP contribution < -0.4 is 5.32 Å². The van der Waals surface area contributed by atoms with Gasteiger partial charge in [-0.05, 0) is 37.7 Å². The van der Waals surface area contributed by atoms with Crippen LogP contribution in [0.5, 0.6) is 0 Å². The molecule has 1 aliphatic heterocycles. The summed E-state index contributed by atoms with van der Waals surface area (Å²) in [6.45, 7) is 2.97. The first kappa shape index (κ1) is 15.1. The average Bonchev–Trinajstić information content (AvgIpc) is 2.79. The van der Waals surface area contributed by atoms with Gasteiger partial charge in [0.15, 0.2) is 0 Å². The second kappa shape index (κ2) is 6.87. The molecule has 1 atom stereocenters. The molecule has 0 aliphatic carbocycles. The van der Waals surface area contributed by atoms with Gasteiger partial charge in [0.1, 0.15) is 5.54 Å². The Bertz CT molecular complexity index is 312. The Morgan fingerprint density at radius 2 is 2.22 bits per heavy atom. The van der Waals surface area contributed by atoms with E-state index in [9.17, 15) is 14.7 Å². The maximum atomic E-state index is 12.0. The first-order chi connectivity index (χ1) is 8.58. The number of nitrogens with zero attached hydrogens (tertiary/aromatic N) is 1. The topological polar surface area (TPSA) is 69.6 Å². The van der Waals surface area contributed by atoms with Crippen molar-refractivity contribution in [3.05, 3.63) is 0 Å². The molecule has 1 fully saturated rings. The Hall–Kier alpha value is -0.910. The van der Waals surface area contributed by atoms with Crippen LogP contribution in [0.2, 0.25) is 0 Å². The molecule has 1 heterocycles. The Labute approximate surface area is 112 Å². The molecular formula is C12H22N2O3S. The van der Waals surface area contributed by atoms with Gasteiger partial charge in [-0.2, -0.15) is 11.8 Å². The van der Waals surface area contributed by atoms with E-state index in [4.69, 9.17) is 0 Å². The van der Waals surface area contributed by atoms with Crippen LogP contribution in [-0.4, -0.2) is 52.6 Å². The van der Waals surface area contributed by atoms with E-state index in [1.165, 1.54) is 4.90 Å². The molecule has 2 amide bonds. The summed E-state index contributed by atoms with van der Waals surface area (Å²) >= 11 is 1.74. The number of carbonyl (C=O) groups is 2. The molecule has 0 aromatic carbocycles. The zero-order chi connectivity index (χ0) is 13.6. The van der Waals surface area contributed by atoms with Gasteiger partial charge in [-0.3, -0.25) is 0 Å². The molecule has 104 valence electrons. The number of carboxylic acid groups (broad SMARTS) is 1. The molecule has 1 saturated heterocycles. The van der Waals surface area contributed by atoms with Crippen LogP contribution >= 0.6 is 11.8 Å². The van der Waals surface area contributed by atoms with Crippen LogP contribution in [0.1, 0.15) is 32.6 Å². The second-order valence-corrected chi connectivity index (χ2v) is 5.51. The lowest BCUT2D eigenvalue weighted by molar-refractivity contribution is -0.148. The van der Waals surface area contributed by atoms with Crippen LogP contribution in [0.3, 0.4) is 0 Å². The average molecular weight is 274 g/mol. The van der Waals surface area contributed by atoms with Crippen LogP contribution in [0, 0.1) is 0 Å². The van der Waals surface area contributed by atoms with Gasteiger partial charge in [-0.1, -0.05) is 6.92 Å². The molecule has 0 aromatic rings. The van der Waals surface area contributed by atoms with Crippen LogP contribution in [0.4, 0.5) is 4.79 Å². The minimum absolute atomic E-state index is 0.238. The highest BCUT2D eigenvalue weighted by Crippen LogP contribution is 2.32. The number of carbonyl (C=O) groups excluding carboxylic acids is 1. The quantitative estimate of drug-likeness (QED) is 0.724. The molecule has 0 bridgehead atoms. The lowest BCUT2D eigenvalue weighted by Crippen LogP contribution is -2.55. The largest absolute Gasteiger partial charge is 0.479 e. The number of rotatable bonds is 6. The van der Waals surface area contributed by atoms with Gasteiger partial charge < -0.3 is 15.3 Å². The predicted molar refractivity (Wildman–Crippen MR) is 73.0 cm³/mol. The van der Waals surface area contributed by atoms with Gasteiger partial charge in [0.05, 0.1) is 0 Å². The molecule has 5 nitrogen and oxygen atoms in total. The monoisotopic (exact) mass is 274 g/mol. The van der Waals surface area contributed by atoms with E-state index in [0.717, 1.165) is 18.6 Å². The van der Waals surface area contributed by atoms with Gasteiger partial charge in [0.25, 0.3) is 0 Å². The molecule has 0 aromatic heterocycles. The van der Waals surface area contributed by atoms with Gasteiger partial charge in [-0.25, -0.2) is 9.59 Å². The van der Waals surface area contributed by atoms with Gasteiger partial charge in [0.2, 0.25) is 0 Å². The number of hydrogen-bond acceptors (Lipinski definition) is 3. The number of carboxylic acids is 1. The molecule has 1 unspecified atom stereocenters. The summed E-state index contributed by atoms with van der Waals surface area (Å²) in [5.41, 5.74) is -0.996. The van der Waals surface area contributed by atoms with Crippen molar-refractivity contribution >= 4 is 23.8 Å². The summed E-state index contributed by atoms with van der Waals surface area (Å²) in [6, 6.07) is -0.238. The Kier molecular flexibility index (Phi) is 5.78. The zero-order valence-electron chi connectivity index (χ0n) is 11.1. The van der Waals surface area contributed by atoms with E-state index >= 15 is 0 Å². The van der Waals surface area contributed by atoms with Crippen LogP contribution in [-0.2, 0) is 4.79 Å². The van der Waals surface area contributed by atoms with E-state index < -0.39 is 11.5 Å². The SMILES string of the molecule is CCC1(C(=O)O)CCCN1C(=O)NCCCSC. The summed E-state index contributed by atoms with van der Waals surface area (Å²) in [4.78, 5) is 24.9. The number of hydrogen-bond donors (Lipinski definition) is 2. The maximum absolute atomic E-state index is 12.0. The summed E-state index contributed by atoms with van der Waals surface area (Å²) in [6.07, 6.45) is 4.71. The van der Waals surface area contributed by atoms with Crippen molar-refractivity contribution in [2.75, 3.05) is 25.1 Å². The minimum atomic E-state index is -0.996. The van der Waals surface area contributed by atoms with Crippen molar-refractivity contribution in [1.29, 1.82) is 0 Å².